The Morgan fingerprint density at radius 1 is 1.38 bits per heavy atom. The maximum Gasteiger partial charge on any atom is 0.216 e. The summed E-state index contributed by atoms with van der Waals surface area (Å²) in [4.78, 5) is 1.96. The van der Waals surface area contributed by atoms with E-state index in [0.717, 1.165) is 25.7 Å². The summed E-state index contributed by atoms with van der Waals surface area (Å²) in [7, 11) is 0. The first-order chi connectivity index (χ1) is 7.79. The molecule has 16 heavy (non-hydrogen) atoms. The molecule has 3 aromatic heterocycles. The predicted molar refractivity (Wildman–Crippen MR) is 67.1 cm³/mol. The molecule has 0 saturated heterocycles. The van der Waals surface area contributed by atoms with Gasteiger partial charge in [-0.2, -0.15) is 0 Å². The van der Waals surface area contributed by atoms with Crippen LogP contribution in [0, 0.1) is 0 Å². The molecule has 0 saturated carbocycles. The molecule has 0 bridgehead atoms. The van der Waals surface area contributed by atoms with Crippen molar-refractivity contribution >= 4 is 39.2 Å². The third kappa shape index (κ3) is 1.46. The first-order valence-corrected chi connectivity index (χ1v) is 6.64. The number of nitrogens with zero attached hydrogens (tertiary/aromatic N) is 3. The van der Waals surface area contributed by atoms with Gasteiger partial charge in [0, 0.05) is 5.38 Å². The predicted octanol–water partition coefficient (Wildman–Crippen LogP) is 2.63. The Hall–Kier alpha value is -0.950. The van der Waals surface area contributed by atoms with Crippen LogP contribution in [0.4, 0.5) is 0 Å². The van der Waals surface area contributed by atoms with Crippen molar-refractivity contribution in [1.29, 1.82) is 0 Å². The summed E-state index contributed by atoms with van der Waals surface area (Å²) in [6.07, 6.45) is 0. The number of nitrogens with two attached hydrogens (primary N) is 1. The van der Waals surface area contributed by atoms with Crippen molar-refractivity contribution in [1.82, 2.24) is 14.6 Å². The lowest BCUT2D eigenvalue weighted by Crippen LogP contribution is -2.02. The Morgan fingerprint density at radius 3 is 2.94 bits per heavy atom. The van der Waals surface area contributed by atoms with Gasteiger partial charge in [-0.1, -0.05) is 11.6 Å². The van der Waals surface area contributed by atoms with Crippen molar-refractivity contribution in [2.75, 3.05) is 0 Å². The van der Waals surface area contributed by atoms with Crippen molar-refractivity contribution in [3.63, 3.8) is 0 Å². The molecule has 7 heteroatoms. The molecule has 3 rings (SSSR count). The highest BCUT2D eigenvalue weighted by molar-refractivity contribution is 7.20. The van der Waals surface area contributed by atoms with Gasteiger partial charge in [-0.3, -0.25) is 4.40 Å². The van der Waals surface area contributed by atoms with Crippen LogP contribution in [0.2, 0.25) is 4.34 Å². The highest BCUT2D eigenvalue weighted by Crippen LogP contribution is 2.33. The van der Waals surface area contributed by atoms with E-state index in [1.807, 2.05) is 21.9 Å². The number of hydrogen-bond acceptors (Lipinski definition) is 5. The quantitative estimate of drug-likeness (QED) is 0.779. The monoisotopic (exact) mass is 270 g/mol. The molecule has 82 valence electrons. The third-order valence-corrected chi connectivity index (χ3v) is 4.30. The first-order valence-electron chi connectivity index (χ1n) is 4.57. The molecule has 2 N–H and O–H groups in total. The second-order valence-electron chi connectivity index (χ2n) is 3.16. The van der Waals surface area contributed by atoms with Crippen LogP contribution in [0.3, 0.4) is 0 Å². The summed E-state index contributed by atoms with van der Waals surface area (Å²) in [5.74, 6) is 0.774. The van der Waals surface area contributed by atoms with E-state index in [1.165, 1.54) is 11.3 Å². The zero-order valence-electron chi connectivity index (χ0n) is 8.05. The second kappa shape index (κ2) is 3.81. The molecule has 0 aromatic carbocycles. The average molecular weight is 271 g/mol. The summed E-state index contributed by atoms with van der Waals surface area (Å²) in [5.41, 5.74) is 6.69. The minimum absolute atomic E-state index is 0.379. The summed E-state index contributed by atoms with van der Waals surface area (Å²) >= 11 is 9.02. The minimum Gasteiger partial charge on any atom is -0.324 e. The van der Waals surface area contributed by atoms with E-state index < -0.39 is 0 Å². The van der Waals surface area contributed by atoms with Crippen LogP contribution in [-0.2, 0) is 6.54 Å². The first kappa shape index (κ1) is 10.2. The normalized spacial score (nSPS) is 11.4. The fraction of sp³-hybridized carbons (Fsp3) is 0.111. The van der Waals surface area contributed by atoms with Crippen molar-refractivity contribution in [2.45, 2.75) is 6.54 Å². The fourth-order valence-corrected chi connectivity index (χ4v) is 3.50. The summed E-state index contributed by atoms with van der Waals surface area (Å²) in [6, 6.07) is 3.88. The second-order valence-corrected chi connectivity index (χ2v) is 5.71. The SMILES string of the molecule is NCc1nnc2scc(-c3ccc(Cl)s3)n12. The lowest BCUT2D eigenvalue weighted by Gasteiger charge is -1.97. The topological polar surface area (TPSA) is 56.2 Å². The molecule has 3 heterocycles. The van der Waals surface area contributed by atoms with Crippen LogP contribution in [0.5, 0.6) is 0 Å². The molecule has 0 fully saturated rings. The van der Waals surface area contributed by atoms with Crippen molar-refractivity contribution < 1.29 is 0 Å². The van der Waals surface area contributed by atoms with E-state index in [9.17, 15) is 0 Å². The molecule has 0 aliphatic rings. The number of thiazole rings is 1. The molecular formula is C9H7ClN4S2. The van der Waals surface area contributed by atoms with Crippen LogP contribution in [0.25, 0.3) is 15.5 Å². The number of fused-ring (bicyclic) bond motifs is 1. The van der Waals surface area contributed by atoms with Gasteiger partial charge in [-0.15, -0.1) is 32.9 Å². The largest absolute Gasteiger partial charge is 0.324 e. The summed E-state index contributed by atoms with van der Waals surface area (Å²) < 4.78 is 2.75. The number of aromatic nitrogens is 3. The Kier molecular flexibility index (Phi) is 2.44. The van der Waals surface area contributed by atoms with E-state index in [0.29, 0.717) is 6.54 Å². The molecule has 0 spiro atoms. The molecule has 4 nitrogen and oxygen atoms in total. The van der Waals surface area contributed by atoms with Gasteiger partial charge in [0.05, 0.1) is 21.5 Å². The van der Waals surface area contributed by atoms with Gasteiger partial charge >= 0.3 is 0 Å². The van der Waals surface area contributed by atoms with E-state index >= 15 is 0 Å². The van der Waals surface area contributed by atoms with E-state index in [4.69, 9.17) is 17.3 Å². The van der Waals surface area contributed by atoms with Crippen LogP contribution < -0.4 is 5.73 Å². The maximum absolute atomic E-state index is 5.93. The van der Waals surface area contributed by atoms with Gasteiger partial charge in [0.25, 0.3) is 0 Å². The summed E-state index contributed by atoms with van der Waals surface area (Å²) in [6.45, 7) is 0.379. The average Bonchev–Trinajstić information content (AvgIpc) is 2.92. The van der Waals surface area contributed by atoms with E-state index in [-0.39, 0.29) is 0 Å². The molecule has 0 atom stereocenters. The van der Waals surface area contributed by atoms with Crippen LogP contribution in [0.15, 0.2) is 17.5 Å². The smallest absolute Gasteiger partial charge is 0.216 e. The Morgan fingerprint density at radius 2 is 2.25 bits per heavy atom. The van der Waals surface area contributed by atoms with E-state index in [1.54, 1.807) is 11.3 Å². The van der Waals surface area contributed by atoms with Crippen LogP contribution in [-0.4, -0.2) is 14.6 Å². The van der Waals surface area contributed by atoms with Crippen molar-refractivity contribution in [2.24, 2.45) is 5.73 Å². The van der Waals surface area contributed by atoms with Crippen molar-refractivity contribution in [3.8, 4) is 10.6 Å². The zero-order valence-corrected chi connectivity index (χ0v) is 10.4. The van der Waals surface area contributed by atoms with Crippen molar-refractivity contribution in [3.05, 3.63) is 27.7 Å². The standard InChI is InChI=1S/C9H7ClN4S2/c10-7-2-1-6(16-7)5-4-15-9-13-12-8(3-11)14(5)9/h1-2,4H,3,11H2. The number of rotatable bonds is 2. The maximum atomic E-state index is 5.93. The Labute approximate surface area is 104 Å². The van der Waals surface area contributed by atoms with Gasteiger partial charge in [-0.25, -0.2) is 0 Å². The van der Waals surface area contributed by atoms with Gasteiger partial charge < -0.3 is 5.73 Å². The van der Waals surface area contributed by atoms with Gasteiger partial charge in [-0.05, 0) is 12.1 Å². The summed E-state index contributed by atoms with van der Waals surface area (Å²) in [5, 5.41) is 10.1. The fourth-order valence-electron chi connectivity index (χ4n) is 1.53. The molecule has 3 aromatic rings. The van der Waals surface area contributed by atoms with Gasteiger partial charge in [0.1, 0.15) is 0 Å². The van der Waals surface area contributed by atoms with E-state index in [2.05, 4.69) is 10.2 Å². The molecule has 0 aliphatic heterocycles. The number of hydrogen-bond donors (Lipinski definition) is 1. The minimum atomic E-state index is 0.379. The Balaban J connectivity index is 2.26. The molecule has 0 unspecified atom stereocenters. The highest BCUT2D eigenvalue weighted by Gasteiger charge is 2.13. The van der Waals surface area contributed by atoms with Crippen LogP contribution >= 0.6 is 34.3 Å². The van der Waals surface area contributed by atoms with Gasteiger partial charge in [0.2, 0.25) is 4.96 Å². The molecule has 0 radical (unpaired) electrons. The molecule has 0 amide bonds. The van der Waals surface area contributed by atoms with Gasteiger partial charge in [0.15, 0.2) is 5.82 Å². The Bertz CT molecular complexity index is 639. The number of thiophene rings is 1. The molecular weight excluding hydrogens is 264 g/mol. The number of halogens is 1. The zero-order chi connectivity index (χ0) is 11.1. The molecule has 0 aliphatic carbocycles. The lowest BCUT2D eigenvalue weighted by atomic mass is 10.4. The van der Waals surface area contributed by atoms with Crippen LogP contribution in [0.1, 0.15) is 5.82 Å². The third-order valence-electron chi connectivity index (χ3n) is 2.23. The lowest BCUT2D eigenvalue weighted by molar-refractivity contribution is 0.887. The highest BCUT2D eigenvalue weighted by atomic mass is 35.5.